The molecular weight excluding hydrogens is 416 g/mol. The molecule has 0 aliphatic heterocycles. The summed E-state index contributed by atoms with van der Waals surface area (Å²) in [5.41, 5.74) is 0. The molecule has 0 bridgehead atoms. The minimum absolute atomic E-state index is 0.356. The molecule has 0 saturated carbocycles. The zero-order chi connectivity index (χ0) is 23.3. The zero-order valence-corrected chi connectivity index (χ0v) is 23.9. The molecule has 0 saturated heterocycles. The Labute approximate surface area is 198 Å². The van der Waals surface area contributed by atoms with E-state index in [-0.39, 0.29) is 0 Å². The molecule has 0 rings (SSSR count). The summed E-state index contributed by atoms with van der Waals surface area (Å²) in [4.78, 5) is 0. The first kappa shape index (κ1) is 31.3. The summed E-state index contributed by atoms with van der Waals surface area (Å²) < 4.78 is 6.83. The number of aliphatic hydroxyl groups excluding tert-OH is 2. The lowest BCUT2D eigenvalue weighted by molar-refractivity contribution is 0.282. The van der Waals surface area contributed by atoms with Gasteiger partial charge in [0, 0.05) is 13.2 Å². The quantitative estimate of drug-likeness (QED) is 0.109. The van der Waals surface area contributed by atoms with E-state index in [1.54, 1.807) is 0 Å². The first-order valence-electron chi connectivity index (χ1n) is 13.7. The van der Waals surface area contributed by atoms with Gasteiger partial charge in [-0.15, -0.1) is 0 Å². The van der Waals surface area contributed by atoms with Crippen molar-refractivity contribution in [3.05, 3.63) is 0 Å². The summed E-state index contributed by atoms with van der Waals surface area (Å²) in [5, 5.41) is 17.6. The van der Waals surface area contributed by atoms with Crippen molar-refractivity contribution in [1.29, 1.82) is 0 Å². The number of aliphatic hydroxyl groups is 2. The van der Waals surface area contributed by atoms with Gasteiger partial charge in [-0.3, -0.25) is 0 Å². The molecule has 0 unspecified atom stereocenters. The average Bonchev–Trinajstić information content (AvgIpc) is 2.70. The molecule has 5 heteroatoms. The van der Waals surface area contributed by atoms with Crippen molar-refractivity contribution in [3.63, 3.8) is 0 Å². The third-order valence-corrected chi connectivity index (χ3v) is 14.0. The second-order valence-electron chi connectivity index (χ2n) is 10.9. The number of hydrogen-bond donors (Lipinski definition) is 2. The van der Waals surface area contributed by atoms with Crippen LogP contribution in [0.25, 0.3) is 0 Å². The molecule has 0 atom stereocenters. The minimum Gasteiger partial charge on any atom is -0.455 e. The Hall–Kier alpha value is 0.314. The van der Waals surface area contributed by atoms with Crippen LogP contribution in [0.5, 0.6) is 0 Å². The van der Waals surface area contributed by atoms with Gasteiger partial charge in [0.1, 0.15) is 0 Å². The highest BCUT2D eigenvalue weighted by atomic mass is 28.4. The minimum atomic E-state index is -1.51. The first-order valence-corrected chi connectivity index (χ1v) is 20.0. The normalized spacial score (nSPS) is 12.6. The molecule has 0 aliphatic rings. The van der Waals surface area contributed by atoms with Gasteiger partial charge in [0.2, 0.25) is 0 Å². The topological polar surface area (TPSA) is 49.7 Å². The van der Waals surface area contributed by atoms with Crippen LogP contribution in [0.15, 0.2) is 0 Å². The van der Waals surface area contributed by atoms with E-state index >= 15 is 0 Å². The molecule has 0 aromatic rings. The Bertz CT molecular complexity index is 342. The largest absolute Gasteiger partial charge is 0.455 e. The van der Waals surface area contributed by atoms with Crippen LogP contribution >= 0.6 is 0 Å². The highest BCUT2D eigenvalue weighted by molar-refractivity contribution is 6.84. The molecule has 31 heavy (non-hydrogen) atoms. The van der Waals surface area contributed by atoms with Gasteiger partial charge >= 0.3 is 0 Å². The van der Waals surface area contributed by atoms with Crippen molar-refractivity contribution < 1.29 is 14.3 Å². The molecule has 0 radical (unpaired) electrons. The summed E-state index contributed by atoms with van der Waals surface area (Å²) in [6.07, 6.45) is 23.3. The lowest BCUT2D eigenvalue weighted by Crippen LogP contribution is -2.44. The van der Waals surface area contributed by atoms with Gasteiger partial charge in [0.05, 0.1) is 0 Å². The van der Waals surface area contributed by atoms with Crippen LogP contribution in [0.1, 0.15) is 116 Å². The van der Waals surface area contributed by atoms with Crippen LogP contribution in [0, 0.1) is 0 Å². The fraction of sp³-hybridized carbons (Fsp3) is 1.00. The van der Waals surface area contributed by atoms with Crippen LogP contribution in [0.3, 0.4) is 0 Å². The number of hydrogen-bond acceptors (Lipinski definition) is 3. The van der Waals surface area contributed by atoms with Crippen molar-refractivity contribution in [1.82, 2.24) is 0 Å². The fourth-order valence-corrected chi connectivity index (χ4v) is 13.7. The zero-order valence-electron chi connectivity index (χ0n) is 21.9. The lowest BCUT2D eigenvalue weighted by Gasteiger charge is -2.34. The van der Waals surface area contributed by atoms with Crippen molar-refractivity contribution in [2.24, 2.45) is 0 Å². The van der Waals surface area contributed by atoms with Crippen molar-refractivity contribution >= 4 is 16.6 Å². The Kier molecular flexibility index (Phi) is 21.1. The third kappa shape index (κ3) is 23.3. The van der Waals surface area contributed by atoms with E-state index in [4.69, 9.17) is 14.3 Å². The first-order chi connectivity index (χ1) is 14.8. The maximum atomic E-state index is 8.80. The molecule has 0 amide bonds. The molecule has 0 aromatic heterocycles. The molecule has 2 N–H and O–H groups in total. The van der Waals surface area contributed by atoms with E-state index in [2.05, 4.69) is 26.2 Å². The Morgan fingerprint density at radius 2 is 0.613 bits per heavy atom. The van der Waals surface area contributed by atoms with Crippen LogP contribution in [0.4, 0.5) is 0 Å². The Morgan fingerprint density at radius 1 is 0.387 bits per heavy atom. The predicted octanol–water partition coefficient (Wildman–Crippen LogP) is 8.42. The lowest BCUT2D eigenvalue weighted by atomic mass is 10.1. The summed E-state index contributed by atoms with van der Waals surface area (Å²) in [6.45, 7) is 10.5. The molecule has 0 heterocycles. The van der Waals surface area contributed by atoms with Gasteiger partial charge in [0.15, 0.2) is 16.6 Å². The molecule has 188 valence electrons. The predicted molar refractivity (Wildman–Crippen MR) is 143 cm³/mol. The highest BCUT2D eigenvalue weighted by Gasteiger charge is 2.32. The fourth-order valence-electron chi connectivity index (χ4n) is 4.65. The summed E-state index contributed by atoms with van der Waals surface area (Å²) in [7, 11) is -3.01. The van der Waals surface area contributed by atoms with Gasteiger partial charge in [-0.2, -0.15) is 0 Å². The van der Waals surface area contributed by atoms with E-state index in [1.807, 2.05) is 0 Å². The maximum Gasteiger partial charge on any atom is 0.173 e. The van der Waals surface area contributed by atoms with Crippen molar-refractivity contribution in [2.75, 3.05) is 13.2 Å². The molecule has 0 aliphatic carbocycles. The van der Waals surface area contributed by atoms with E-state index in [1.165, 1.54) is 115 Å². The molecule has 0 spiro atoms. The molecular formula is C26H58O3Si2. The van der Waals surface area contributed by atoms with Crippen LogP contribution < -0.4 is 0 Å². The van der Waals surface area contributed by atoms with Crippen LogP contribution in [-0.2, 0) is 4.12 Å². The SMILES string of the molecule is C[Si](C)(CCCCCCCCCCCO)O[Si](C)(C)CCCCCCCCCCCO. The van der Waals surface area contributed by atoms with Gasteiger partial charge in [0.25, 0.3) is 0 Å². The molecule has 0 aromatic carbocycles. The second kappa shape index (κ2) is 20.9. The van der Waals surface area contributed by atoms with E-state index in [9.17, 15) is 0 Å². The third-order valence-electron chi connectivity index (χ3n) is 6.43. The van der Waals surface area contributed by atoms with Crippen LogP contribution in [0.2, 0.25) is 38.3 Å². The van der Waals surface area contributed by atoms with Gasteiger partial charge < -0.3 is 14.3 Å². The average molecular weight is 475 g/mol. The monoisotopic (exact) mass is 474 g/mol. The van der Waals surface area contributed by atoms with Crippen molar-refractivity contribution in [3.8, 4) is 0 Å². The molecule has 3 nitrogen and oxygen atoms in total. The standard InChI is InChI=1S/C26H58O3Si2/c1-30(2,25-21-17-13-9-5-7-11-15-19-23-27)29-31(3,4)26-22-18-14-10-6-8-12-16-20-24-28/h27-28H,5-26H2,1-4H3. The molecule has 0 fully saturated rings. The second-order valence-corrected chi connectivity index (χ2v) is 19.8. The number of unbranched alkanes of at least 4 members (excludes halogenated alkanes) is 16. The number of rotatable bonds is 24. The summed E-state index contributed by atoms with van der Waals surface area (Å²) in [5.74, 6) is 0. The van der Waals surface area contributed by atoms with Crippen LogP contribution in [-0.4, -0.2) is 40.1 Å². The summed E-state index contributed by atoms with van der Waals surface area (Å²) >= 11 is 0. The van der Waals surface area contributed by atoms with Crippen molar-refractivity contribution in [2.45, 2.75) is 154 Å². The van der Waals surface area contributed by atoms with E-state index in [0.717, 1.165) is 12.8 Å². The van der Waals surface area contributed by atoms with Gasteiger partial charge in [-0.25, -0.2) is 0 Å². The van der Waals surface area contributed by atoms with Gasteiger partial charge in [-0.05, 0) is 51.1 Å². The van der Waals surface area contributed by atoms with Gasteiger partial charge in [-0.1, -0.05) is 103 Å². The summed E-state index contributed by atoms with van der Waals surface area (Å²) in [6, 6.07) is 2.66. The maximum absolute atomic E-state index is 8.80. The smallest absolute Gasteiger partial charge is 0.173 e. The highest BCUT2D eigenvalue weighted by Crippen LogP contribution is 2.26. The van der Waals surface area contributed by atoms with E-state index < -0.39 is 16.6 Å². The van der Waals surface area contributed by atoms with E-state index in [0.29, 0.717) is 13.2 Å². The Morgan fingerprint density at radius 3 is 0.871 bits per heavy atom. The Balaban J connectivity index is 3.65.